The van der Waals surface area contributed by atoms with Gasteiger partial charge >= 0.3 is 11.8 Å². The second-order valence-corrected chi connectivity index (χ2v) is 7.16. The highest BCUT2D eigenvalue weighted by Crippen LogP contribution is 2.42. The lowest BCUT2D eigenvalue weighted by atomic mass is 9.96. The first kappa shape index (κ1) is 19.8. The molecule has 3 aromatic carbocycles. The van der Waals surface area contributed by atoms with E-state index in [0.717, 1.165) is 0 Å². The highest BCUT2D eigenvalue weighted by atomic mass is 19.4. The van der Waals surface area contributed by atoms with Gasteiger partial charge in [0.1, 0.15) is 5.58 Å². The van der Waals surface area contributed by atoms with Gasteiger partial charge in [-0.15, -0.1) is 0 Å². The van der Waals surface area contributed by atoms with Crippen LogP contribution in [0.3, 0.4) is 0 Å². The Morgan fingerprint density at radius 3 is 2.12 bits per heavy atom. The summed E-state index contributed by atoms with van der Waals surface area (Å²) in [6, 6.07) is 20.0. The van der Waals surface area contributed by atoms with E-state index in [0.29, 0.717) is 17.2 Å². The number of carbonyl (C=O) groups excluding carboxylic acids is 1. The van der Waals surface area contributed by atoms with Crippen LogP contribution >= 0.6 is 0 Å². The van der Waals surface area contributed by atoms with Crippen molar-refractivity contribution in [2.24, 2.45) is 0 Å². The standard InChI is InChI=1S/C25H13F3O4/c26-25(27,28)17-13-19(29)32-23-16(17)11-12-18-21(23)20(14-7-3-1-4-8-14)24(31-18)22(30)15-9-5-2-6-10-15/h1-13H. The van der Waals surface area contributed by atoms with E-state index in [9.17, 15) is 22.8 Å². The topological polar surface area (TPSA) is 60.4 Å². The maximum atomic E-state index is 13.6. The number of furan rings is 1. The summed E-state index contributed by atoms with van der Waals surface area (Å²) in [5.41, 5.74) is -1.24. The molecule has 2 aromatic heterocycles. The minimum absolute atomic E-state index is 0.0510. The smallest absolute Gasteiger partial charge is 0.417 e. The lowest BCUT2D eigenvalue weighted by Crippen LogP contribution is -2.11. The van der Waals surface area contributed by atoms with Crippen molar-refractivity contribution in [3.05, 3.63) is 106 Å². The Kier molecular flexibility index (Phi) is 4.48. The first-order valence-corrected chi connectivity index (χ1v) is 9.60. The molecule has 0 N–H and O–H groups in total. The van der Waals surface area contributed by atoms with Gasteiger partial charge < -0.3 is 8.83 Å². The number of hydrogen-bond donors (Lipinski definition) is 0. The fraction of sp³-hybridized carbons (Fsp3) is 0.0400. The van der Waals surface area contributed by atoms with E-state index in [1.807, 2.05) is 0 Å². The van der Waals surface area contributed by atoms with Crippen molar-refractivity contribution in [2.75, 3.05) is 0 Å². The predicted molar refractivity (Wildman–Crippen MR) is 113 cm³/mol. The van der Waals surface area contributed by atoms with Gasteiger partial charge in [0.15, 0.2) is 11.3 Å². The monoisotopic (exact) mass is 434 g/mol. The molecule has 0 amide bonds. The zero-order valence-electron chi connectivity index (χ0n) is 16.3. The second-order valence-electron chi connectivity index (χ2n) is 7.16. The Labute approximate surface area is 178 Å². The van der Waals surface area contributed by atoms with Crippen molar-refractivity contribution < 1.29 is 26.8 Å². The third-order valence-electron chi connectivity index (χ3n) is 5.17. The van der Waals surface area contributed by atoms with Gasteiger partial charge in [-0.3, -0.25) is 4.79 Å². The molecule has 0 unspecified atom stereocenters. The number of alkyl halides is 3. The van der Waals surface area contributed by atoms with Crippen LogP contribution in [-0.2, 0) is 6.18 Å². The normalized spacial score (nSPS) is 11.8. The van der Waals surface area contributed by atoms with Gasteiger partial charge in [-0.1, -0.05) is 60.7 Å². The van der Waals surface area contributed by atoms with E-state index >= 15 is 0 Å². The molecule has 0 aliphatic carbocycles. The summed E-state index contributed by atoms with van der Waals surface area (Å²) in [6.45, 7) is 0. The fourth-order valence-corrected chi connectivity index (χ4v) is 3.80. The Bertz CT molecular complexity index is 1530. The van der Waals surface area contributed by atoms with Crippen molar-refractivity contribution in [3.63, 3.8) is 0 Å². The van der Waals surface area contributed by atoms with Crippen LogP contribution in [0.4, 0.5) is 13.2 Å². The van der Waals surface area contributed by atoms with Crippen LogP contribution in [0.5, 0.6) is 0 Å². The molecule has 5 rings (SSSR count). The van der Waals surface area contributed by atoms with Gasteiger partial charge in [0, 0.05) is 22.6 Å². The average molecular weight is 434 g/mol. The Morgan fingerprint density at radius 1 is 0.812 bits per heavy atom. The Hall–Kier alpha value is -4.13. The summed E-state index contributed by atoms with van der Waals surface area (Å²) in [4.78, 5) is 25.3. The van der Waals surface area contributed by atoms with E-state index in [-0.39, 0.29) is 33.3 Å². The molecule has 5 aromatic rings. The van der Waals surface area contributed by atoms with Gasteiger partial charge in [-0.25, -0.2) is 4.79 Å². The zero-order valence-corrected chi connectivity index (χ0v) is 16.3. The van der Waals surface area contributed by atoms with Gasteiger partial charge in [0.2, 0.25) is 5.78 Å². The molecular weight excluding hydrogens is 421 g/mol. The number of benzene rings is 3. The van der Waals surface area contributed by atoms with Crippen LogP contribution in [-0.4, -0.2) is 5.78 Å². The van der Waals surface area contributed by atoms with E-state index in [1.165, 1.54) is 12.1 Å². The Morgan fingerprint density at radius 2 is 1.47 bits per heavy atom. The van der Waals surface area contributed by atoms with Gasteiger partial charge in [-0.05, 0) is 17.7 Å². The molecule has 158 valence electrons. The molecule has 0 saturated carbocycles. The van der Waals surface area contributed by atoms with Crippen LogP contribution in [0.1, 0.15) is 21.7 Å². The van der Waals surface area contributed by atoms with Gasteiger partial charge in [0.25, 0.3) is 0 Å². The molecule has 2 heterocycles. The van der Waals surface area contributed by atoms with E-state index < -0.39 is 23.1 Å². The van der Waals surface area contributed by atoms with E-state index in [2.05, 4.69) is 0 Å². The molecule has 0 radical (unpaired) electrons. The third-order valence-corrected chi connectivity index (χ3v) is 5.17. The molecule has 0 aliphatic rings. The SMILES string of the molecule is O=C(c1ccccc1)c1oc2ccc3c(C(F)(F)F)cc(=O)oc3c2c1-c1ccccc1. The number of halogens is 3. The molecule has 0 fully saturated rings. The van der Waals surface area contributed by atoms with Crippen molar-refractivity contribution in [1.82, 2.24) is 0 Å². The summed E-state index contributed by atoms with van der Waals surface area (Å²) in [5, 5.41) is -0.155. The number of carbonyl (C=O) groups is 1. The minimum Gasteiger partial charge on any atom is -0.452 e. The highest BCUT2D eigenvalue weighted by Gasteiger charge is 2.35. The number of hydrogen-bond acceptors (Lipinski definition) is 4. The highest BCUT2D eigenvalue weighted by molar-refractivity contribution is 6.20. The predicted octanol–water partition coefficient (Wildman–Crippen LogP) is 6.46. The van der Waals surface area contributed by atoms with Crippen LogP contribution < -0.4 is 5.63 Å². The molecule has 7 heteroatoms. The molecule has 0 atom stereocenters. The first-order chi connectivity index (χ1) is 15.3. The molecule has 0 bridgehead atoms. The summed E-state index contributed by atoms with van der Waals surface area (Å²) < 4.78 is 51.9. The van der Waals surface area contributed by atoms with Gasteiger partial charge in [0.05, 0.1) is 10.9 Å². The lowest BCUT2D eigenvalue weighted by molar-refractivity contribution is -0.136. The average Bonchev–Trinajstić information content (AvgIpc) is 3.19. The number of fused-ring (bicyclic) bond motifs is 3. The maximum absolute atomic E-state index is 13.6. The number of ketones is 1. The zero-order chi connectivity index (χ0) is 22.5. The molecule has 0 aliphatic heterocycles. The molecule has 32 heavy (non-hydrogen) atoms. The molecule has 0 spiro atoms. The van der Waals surface area contributed by atoms with Crippen LogP contribution in [0, 0.1) is 0 Å². The molecule has 4 nitrogen and oxygen atoms in total. The van der Waals surface area contributed by atoms with Gasteiger partial charge in [-0.2, -0.15) is 13.2 Å². The molecular formula is C25H13F3O4. The van der Waals surface area contributed by atoms with Crippen molar-refractivity contribution >= 4 is 27.7 Å². The van der Waals surface area contributed by atoms with Crippen molar-refractivity contribution in [1.29, 1.82) is 0 Å². The molecule has 0 saturated heterocycles. The summed E-state index contributed by atoms with van der Waals surface area (Å²) in [6.07, 6.45) is -4.76. The summed E-state index contributed by atoms with van der Waals surface area (Å²) >= 11 is 0. The largest absolute Gasteiger partial charge is 0.452 e. The van der Waals surface area contributed by atoms with Crippen LogP contribution in [0.15, 0.2) is 92.5 Å². The second kappa shape index (κ2) is 7.23. The third kappa shape index (κ3) is 3.19. The quantitative estimate of drug-likeness (QED) is 0.242. The van der Waals surface area contributed by atoms with Crippen molar-refractivity contribution in [3.8, 4) is 11.1 Å². The first-order valence-electron chi connectivity index (χ1n) is 9.60. The number of rotatable bonds is 3. The van der Waals surface area contributed by atoms with E-state index in [1.54, 1.807) is 60.7 Å². The van der Waals surface area contributed by atoms with Crippen LogP contribution in [0.2, 0.25) is 0 Å². The van der Waals surface area contributed by atoms with Crippen molar-refractivity contribution in [2.45, 2.75) is 6.18 Å². The lowest BCUT2D eigenvalue weighted by Gasteiger charge is -2.10. The minimum atomic E-state index is -4.76. The fourth-order valence-electron chi connectivity index (χ4n) is 3.80. The summed E-state index contributed by atoms with van der Waals surface area (Å²) in [7, 11) is 0. The maximum Gasteiger partial charge on any atom is 0.417 e. The van der Waals surface area contributed by atoms with E-state index in [4.69, 9.17) is 8.83 Å². The van der Waals surface area contributed by atoms with Crippen LogP contribution in [0.25, 0.3) is 33.1 Å². The Balaban J connectivity index is 1.93. The summed E-state index contributed by atoms with van der Waals surface area (Å²) in [5.74, 6) is -0.493.